The quantitative estimate of drug-likeness (QED) is 0.358. The van der Waals surface area contributed by atoms with Crippen molar-refractivity contribution in [3.8, 4) is 17.2 Å². The van der Waals surface area contributed by atoms with E-state index in [-0.39, 0.29) is 5.82 Å². The molecule has 196 valence electrons. The van der Waals surface area contributed by atoms with Crippen LogP contribution in [-0.4, -0.2) is 49.9 Å². The summed E-state index contributed by atoms with van der Waals surface area (Å²) in [6, 6.07) is 17.2. The van der Waals surface area contributed by atoms with E-state index in [1.807, 2.05) is 24.3 Å². The van der Waals surface area contributed by atoms with Gasteiger partial charge in [0.15, 0.2) is 11.6 Å². The van der Waals surface area contributed by atoms with E-state index in [2.05, 4.69) is 22.3 Å². The first kappa shape index (κ1) is 25.4. The first-order chi connectivity index (χ1) is 18.1. The molecule has 2 N–H and O–H groups in total. The summed E-state index contributed by atoms with van der Waals surface area (Å²) >= 11 is 0. The Morgan fingerprint density at radius 1 is 1.03 bits per heavy atom. The van der Waals surface area contributed by atoms with Crippen molar-refractivity contribution in [1.29, 1.82) is 0 Å². The highest BCUT2D eigenvalue weighted by atomic mass is 19.1. The Morgan fingerprint density at radius 3 is 2.70 bits per heavy atom. The molecule has 1 atom stereocenters. The van der Waals surface area contributed by atoms with E-state index in [1.165, 1.54) is 29.5 Å². The third-order valence-corrected chi connectivity index (χ3v) is 7.71. The monoisotopic (exact) mass is 504 g/mol. The zero-order chi connectivity index (χ0) is 25.6. The van der Waals surface area contributed by atoms with E-state index in [0.717, 1.165) is 55.9 Å². The molecule has 5 rings (SSSR count). The molecular weight excluding hydrogens is 467 g/mol. The minimum Gasteiger partial charge on any atom is -0.508 e. The van der Waals surface area contributed by atoms with Gasteiger partial charge in [-0.2, -0.15) is 0 Å². The highest BCUT2D eigenvalue weighted by molar-refractivity contribution is 5.58. The number of nitrogens with zero attached hydrogens (tertiary/aromatic N) is 1. The fourth-order valence-electron chi connectivity index (χ4n) is 5.63. The molecule has 1 heterocycles. The maximum absolute atomic E-state index is 14.7. The fourth-order valence-corrected chi connectivity index (χ4v) is 5.63. The molecule has 5 nitrogen and oxygen atoms in total. The second-order valence-electron chi connectivity index (χ2n) is 10.2. The Morgan fingerprint density at radius 2 is 1.89 bits per heavy atom. The van der Waals surface area contributed by atoms with Gasteiger partial charge in [0.1, 0.15) is 18.1 Å². The number of methoxy groups -OCH3 is 1. The molecule has 2 aliphatic rings. The number of hydrogen-bond donors (Lipinski definition) is 2. The molecule has 0 saturated carbocycles. The van der Waals surface area contributed by atoms with E-state index >= 15 is 0 Å². The highest BCUT2D eigenvalue weighted by Gasteiger charge is 2.23. The van der Waals surface area contributed by atoms with Crippen molar-refractivity contribution in [1.82, 2.24) is 4.90 Å². The Labute approximate surface area is 219 Å². The van der Waals surface area contributed by atoms with Crippen molar-refractivity contribution < 1.29 is 19.0 Å². The predicted molar refractivity (Wildman–Crippen MR) is 146 cm³/mol. The number of aromatic hydroxyl groups is 1. The summed E-state index contributed by atoms with van der Waals surface area (Å²) in [5.41, 5.74) is 5.81. The molecule has 3 aromatic rings. The average Bonchev–Trinajstić information content (AvgIpc) is 3.43. The molecule has 6 heteroatoms. The third kappa shape index (κ3) is 6.37. The fraction of sp³-hybridized carbons (Fsp3) is 0.419. The van der Waals surface area contributed by atoms with Crippen molar-refractivity contribution in [2.45, 2.75) is 44.4 Å². The lowest BCUT2D eigenvalue weighted by Crippen LogP contribution is -2.25. The molecule has 0 radical (unpaired) electrons. The number of phenolic OH excluding ortho intramolecular Hbond substituents is 1. The first-order valence-corrected chi connectivity index (χ1v) is 13.4. The molecular formula is C31H37FN2O3. The number of phenols is 1. The Balaban J connectivity index is 1.19. The first-order valence-electron chi connectivity index (χ1n) is 13.4. The second kappa shape index (κ2) is 11.9. The lowest BCUT2D eigenvalue weighted by Gasteiger charge is -2.27. The molecule has 1 unspecified atom stereocenters. The van der Waals surface area contributed by atoms with Gasteiger partial charge >= 0.3 is 0 Å². The van der Waals surface area contributed by atoms with Gasteiger partial charge in [-0.15, -0.1) is 0 Å². The number of halogens is 1. The van der Waals surface area contributed by atoms with E-state index in [0.29, 0.717) is 37.0 Å². The number of benzene rings is 3. The highest BCUT2D eigenvalue weighted by Crippen LogP contribution is 2.38. The molecule has 1 aliphatic carbocycles. The van der Waals surface area contributed by atoms with Crippen LogP contribution in [0.15, 0.2) is 54.6 Å². The summed E-state index contributed by atoms with van der Waals surface area (Å²) < 4.78 is 25.9. The topological polar surface area (TPSA) is 54.0 Å². The number of rotatable bonds is 10. The SMILES string of the molecule is COc1ccc(C2CCc3cc(O)ccc3C2)c(NCCc2ccc(OCCN3CCCC3)c(F)c2)c1. The van der Waals surface area contributed by atoms with Crippen molar-refractivity contribution in [3.63, 3.8) is 0 Å². The minimum absolute atomic E-state index is 0.298. The normalized spacial score (nSPS) is 17.4. The van der Waals surface area contributed by atoms with Crippen LogP contribution in [0.1, 0.15) is 47.4 Å². The number of anilines is 1. The number of likely N-dealkylation sites (tertiary alicyclic amines) is 1. The number of nitrogens with one attached hydrogen (secondary N) is 1. The van der Waals surface area contributed by atoms with Crippen LogP contribution < -0.4 is 14.8 Å². The Kier molecular flexibility index (Phi) is 8.15. The molecule has 1 aliphatic heterocycles. The van der Waals surface area contributed by atoms with Crippen LogP contribution in [0.2, 0.25) is 0 Å². The molecule has 1 fully saturated rings. The molecule has 0 aromatic heterocycles. The number of fused-ring (bicyclic) bond motifs is 1. The lowest BCUT2D eigenvalue weighted by molar-refractivity contribution is 0.231. The van der Waals surface area contributed by atoms with Gasteiger partial charge in [-0.1, -0.05) is 18.2 Å². The van der Waals surface area contributed by atoms with Crippen molar-refractivity contribution in [2.24, 2.45) is 0 Å². The smallest absolute Gasteiger partial charge is 0.165 e. The minimum atomic E-state index is -0.298. The predicted octanol–water partition coefficient (Wildman–Crippen LogP) is 5.94. The average molecular weight is 505 g/mol. The lowest BCUT2D eigenvalue weighted by atomic mass is 9.79. The molecule has 3 aromatic carbocycles. The third-order valence-electron chi connectivity index (χ3n) is 7.71. The second-order valence-corrected chi connectivity index (χ2v) is 10.2. The van der Waals surface area contributed by atoms with Crippen LogP contribution in [0.5, 0.6) is 17.2 Å². The van der Waals surface area contributed by atoms with Crippen LogP contribution in [0, 0.1) is 5.82 Å². The number of ether oxygens (including phenoxy) is 2. The Bertz CT molecular complexity index is 1210. The van der Waals surface area contributed by atoms with Gasteiger partial charge in [-0.05, 0) is 110 Å². The molecule has 0 spiro atoms. The summed E-state index contributed by atoms with van der Waals surface area (Å²) in [7, 11) is 1.68. The largest absolute Gasteiger partial charge is 0.508 e. The van der Waals surface area contributed by atoms with Crippen molar-refractivity contribution in [2.75, 3.05) is 45.2 Å². The zero-order valence-electron chi connectivity index (χ0n) is 21.6. The van der Waals surface area contributed by atoms with Gasteiger partial charge in [0.2, 0.25) is 0 Å². The Hall–Kier alpha value is -3.25. The summed E-state index contributed by atoms with van der Waals surface area (Å²) in [5.74, 6) is 1.57. The summed E-state index contributed by atoms with van der Waals surface area (Å²) in [6.45, 7) is 4.29. The van der Waals surface area contributed by atoms with Gasteiger partial charge in [-0.25, -0.2) is 4.39 Å². The summed E-state index contributed by atoms with van der Waals surface area (Å²) in [5, 5.41) is 13.4. The zero-order valence-corrected chi connectivity index (χ0v) is 21.6. The van der Waals surface area contributed by atoms with Gasteiger partial charge in [-0.3, -0.25) is 4.90 Å². The van der Waals surface area contributed by atoms with E-state index < -0.39 is 0 Å². The number of aryl methyl sites for hydroxylation is 1. The maximum atomic E-state index is 14.7. The van der Waals surface area contributed by atoms with Crippen molar-refractivity contribution in [3.05, 3.63) is 82.7 Å². The van der Waals surface area contributed by atoms with Crippen LogP contribution in [0.3, 0.4) is 0 Å². The van der Waals surface area contributed by atoms with Crippen LogP contribution in [0.25, 0.3) is 0 Å². The van der Waals surface area contributed by atoms with Crippen molar-refractivity contribution >= 4 is 5.69 Å². The molecule has 37 heavy (non-hydrogen) atoms. The summed E-state index contributed by atoms with van der Waals surface area (Å²) in [6.07, 6.45) is 6.12. The van der Waals surface area contributed by atoms with E-state index in [9.17, 15) is 9.50 Å². The van der Waals surface area contributed by atoms with Gasteiger partial charge < -0.3 is 19.9 Å². The van der Waals surface area contributed by atoms with E-state index in [1.54, 1.807) is 25.3 Å². The number of hydrogen-bond acceptors (Lipinski definition) is 5. The standard InChI is InChI=1S/C31H37FN2O3/c1-36-27-9-10-28(25-6-5-24-20-26(35)8-7-23(24)19-25)30(21-27)33-13-12-22-4-11-31(29(32)18-22)37-17-16-34-14-2-3-15-34/h4,7-11,18,20-21,25,33,35H,2-3,5-6,12-17,19H2,1H3. The maximum Gasteiger partial charge on any atom is 0.165 e. The van der Waals surface area contributed by atoms with Gasteiger partial charge in [0.05, 0.1) is 7.11 Å². The molecule has 1 saturated heterocycles. The molecule has 0 amide bonds. The van der Waals surface area contributed by atoms with Gasteiger partial charge in [0.25, 0.3) is 0 Å². The van der Waals surface area contributed by atoms with Crippen LogP contribution in [0.4, 0.5) is 10.1 Å². The van der Waals surface area contributed by atoms with Crippen LogP contribution >= 0.6 is 0 Å². The van der Waals surface area contributed by atoms with E-state index in [4.69, 9.17) is 9.47 Å². The summed E-state index contributed by atoms with van der Waals surface area (Å²) in [4.78, 5) is 2.36. The van der Waals surface area contributed by atoms with Gasteiger partial charge in [0, 0.05) is 24.8 Å². The van der Waals surface area contributed by atoms with Crippen LogP contribution in [-0.2, 0) is 19.3 Å². The molecule has 0 bridgehead atoms.